The van der Waals surface area contributed by atoms with Gasteiger partial charge in [-0.3, -0.25) is 19.8 Å². The minimum Gasteiger partial charge on any atom is -0.483 e. The summed E-state index contributed by atoms with van der Waals surface area (Å²) in [4.78, 5) is 38.3. The summed E-state index contributed by atoms with van der Waals surface area (Å²) in [5.41, 5.74) is -0.393. The summed E-state index contributed by atoms with van der Waals surface area (Å²) in [6, 6.07) is 4.50. The van der Waals surface area contributed by atoms with Gasteiger partial charge in [0.15, 0.2) is 5.75 Å². The van der Waals surface area contributed by atoms with Crippen LogP contribution in [0.3, 0.4) is 0 Å². The van der Waals surface area contributed by atoms with Gasteiger partial charge >= 0.3 is 11.8 Å². The standard InChI is InChI=1S/C18H23N3O6/c1-18(2,3)27-17(23)19-8-9-20(16(22)11-19)12-4-7-15(26-13-5-6-13)14(10-12)21(24)25/h4,7,10,13H,5-6,8-9,11H2,1-3H3. The number of nitro groups is 1. The van der Waals surface area contributed by atoms with Crippen molar-refractivity contribution >= 4 is 23.4 Å². The molecule has 27 heavy (non-hydrogen) atoms. The molecule has 0 radical (unpaired) electrons. The number of carbonyl (C=O) groups excluding carboxylic acids is 2. The number of hydrogen-bond donors (Lipinski definition) is 0. The van der Waals surface area contributed by atoms with Crippen LogP contribution >= 0.6 is 0 Å². The topological polar surface area (TPSA) is 102 Å². The van der Waals surface area contributed by atoms with Crippen molar-refractivity contribution in [2.45, 2.75) is 45.3 Å². The lowest BCUT2D eigenvalue weighted by Gasteiger charge is -2.35. The molecule has 0 unspecified atom stereocenters. The molecule has 2 aliphatic rings. The summed E-state index contributed by atoms with van der Waals surface area (Å²) in [6.45, 7) is 5.66. The molecule has 1 aromatic carbocycles. The molecule has 9 nitrogen and oxygen atoms in total. The van der Waals surface area contributed by atoms with E-state index in [0.717, 1.165) is 12.8 Å². The van der Waals surface area contributed by atoms with Crippen LogP contribution in [0, 0.1) is 10.1 Å². The molecule has 2 amide bonds. The van der Waals surface area contributed by atoms with Gasteiger partial charge in [-0.25, -0.2) is 4.79 Å². The monoisotopic (exact) mass is 377 g/mol. The normalized spacial score (nSPS) is 17.7. The Morgan fingerprint density at radius 3 is 2.52 bits per heavy atom. The minimum atomic E-state index is -0.644. The Bertz CT molecular complexity index is 769. The summed E-state index contributed by atoms with van der Waals surface area (Å²) in [5.74, 6) is -0.108. The largest absolute Gasteiger partial charge is 0.483 e. The van der Waals surface area contributed by atoms with Crippen LogP contribution in [-0.4, -0.2) is 53.2 Å². The molecule has 146 valence electrons. The van der Waals surface area contributed by atoms with Crippen LogP contribution < -0.4 is 9.64 Å². The van der Waals surface area contributed by atoms with Crippen LogP contribution in [0.25, 0.3) is 0 Å². The van der Waals surface area contributed by atoms with Gasteiger partial charge in [0.05, 0.1) is 16.7 Å². The Kier molecular flexibility index (Phi) is 4.95. The van der Waals surface area contributed by atoms with Gasteiger partial charge in [-0.15, -0.1) is 0 Å². The summed E-state index contributed by atoms with van der Waals surface area (Å²) in [7, 11) is 0. The number of hydrogen-bond acceptors (Lipinski definition) is 6. The van der Waals surface area contributed by atoms with Gasteiger partial charge in [0.1, 0.15) is 12.1 Å². The molecule has 1 aliphatic heterocycles. The molecule has 0 atom stereocenters. The number of nitrogens with zero attached hydrogens (tertiary/aromatic N) is 3. The van der Waals surface area contributed by atoms with Crippen molar-refractivity contribution in [1.82, 2.24) is 4.90 Å². The van der Waals surface area contributed by atoms with Crippen molar-refractivity contribution in [3.05, 3.63) is 28.3 Å². The molecule has 1 heterocycles. The number of nitro benzene ring substituents is 1. The zero-order valence-electron chi connectivity index (χ0n) is 15.6. The highest BCUT2D eigenvalue weighted by molar-refractivity contribution is 5.97. The maximum Gasteiger partial charge on any atom is 0.410 e. The molecule has 0 spiro atoms. The fourth-order valence-corrected chi connectivity index (χ4v) is 2.71. The summed E-state index contributed by atoms with van der Waals surface area (Å²) in [6.07, 6.45) is 1.27. The molecule has 9 heteroatoms. The molecule has 0 aromatic heterocycles. The number of piperazine rings is 1. The fraction of sp³-hybridized carbons (Fsp3) is 0.556. The van der Waals surface area contributed by atoms with Crippen molar-refractivity contribution in [1.29, 1.82) is 0 Å². The quantitative estimate of drug-likeness (QED) is 0.590. The third kappa shape index (κ3) is 4.66. The van der Waals surface area contributed by atoms with Crippen molar-refractivity contribution in [3.8, 4) is 5.75 Å². The van der Waals surface area contributed by atoms with E-state index in [1.165, 1.54) is 21.9 Å². The van der Waals surface area contributed by atoms with Crippen molar-refractivity contribution < 1.29 is 24.0 Å². The zero-order valence-corrected chi connectivity index (χ0v) is 15.6. The Balaban J connectivity index is 1.72. The molecule has 0 bridgehead atoms. The van der Waals surface area contributed by atoms with Crippen LogP contribution in [0.4, 0.5) is 16.2 Å². The van der Waals surface area contributed by atoms with Crippen LogP contribution in [-0.2, 0) is 9.53 Å². The van der Waals surface area contributed by atoms with E-state index >= 15 is 0 Å². The molecule has 2 fully saturated rings. The summed E-state index contributed by atoms with van der Waals surface area (Å²) in [5, 5.41) is 11.4. The zero-order chi connectivity index (χ0) is 19.8. The third-order valence-corrected chi connectivity index (χ3v) is 4.14. The Labute approximate surface area is 157 Å². The molecule has 0 N–H and O–H groups in total. The van der Waals surface area contributed by atoms with E-state index in [1.54, 1.807) is 26.8 Å². The lowest BCUT2D eigenvalue weighted by atomic mass is 10.2. The first kappa shape index (κ1) is 18.9. The SMILES string of the molecule is CC(C)(C)OC(=O)N1CCN(c2ccc(OC3CC3)c([N+](=O)[O-])c2)C(=O)C1. The number of amides is 2. The molecular formula is C18H23N3O6. The van der Waals surface area contributed by atoms with Gasteiger partial charge in [0.25, 0.3) is 0 Å². The van der Waals surface area contributed by atoms with E-state index in [9.17, 15) is 19.7 Å². The van der Waals surface area contributed by atoms with Gasteiger partial charge in [-0.1, -0.05) is 0 Å². The van der Waals surface area contributed by atoms with Crippen LogP contribution in [0.1, 0.15) is 33.6 Å². The second kappa shape index (κ2) is 7.05. The van der Waals surface area contributed by atoms with Gasteiger partial charge in [0.2, 0.25) is 5.91 Å². The Morgan fingerprint density at radius 1 is 1.26 bits per heavy atom. The third-order valence-electron chi connectivity index (χ3n) is 4.14. The maximum atomic E-state index is 12.5. The first-order valence-electron chi connectivity index (χ1n) is 8.87. The predicted molar refractivity (Wildman–Crippen MR) is 96.9 cm³/mol. The summed E-state index contributed by atoms with van der Waals surface area (Å²) >= 11 is 0. The van der Waals surface area contributed by atoms with E-state index in [0.29, 0.717) is 5.69 Å². The van der Waals surface area contributed by atoms with Gasteiger partial charge in [-0.05, 0) is 45.7 Å². The lowest BCUT2D eigenvalue weighted by Crippen LogP contribution is -2.53. The predicted octanol–water partition coefficient (Wildman–Crippen LogP) is 2.72. The van der Waals surface area contributed by atoms with Crippen molar-refractivity contribution in [2.75, 3.05) is 24.5 Å². The smallest absolute Gasteiger partial charge is 0.410 e. The average Bonchev–Trinajstić information content (AvgIpc) is 3.37. The molecular weight excluding hydrogens is 354 g/mol. The number of rotatable bonds is 4. The van der Waals surface area contributed by atoms with Gasteiger partial charge < -0.3 is 14.4 Å². The van der Waals surface area contributed by atoms with Crippen molar-refractivity contribution in [2.24, 2.45) is 0 Å². The number of anilines is 1. The van der Waals surface area contributed by atoms with Gasteiger partial charge in [-0.2, -0.15) is 0 Å². The Morgan fingerprint density at radius 2 is 1.96 bits per heavy atom. The molecule has 1 aromatic rings. The highest BCUT2D eigenvalue weighted by Gasteiger charge is 2.33. The Hall–Kier alpha value is -2.84. The van der Waals surface area contributed by atoms with E-state index in [2.05, 4.69) is 0 Å². The van der Waals surface area contributed by atoms with Crippen LogP contribution in [0.15, 0.2) is 18.2 Å². The first-order chi connectivity index (χ1) is 12.6. The molecule has 1 saturated carbocycles. The molecule has 1 aliphatic carbocycles. The highest BCUT2D eigenvalue weighted by Crippen LogP contribution is 2.36. The van der Waals surface area contributed by atoms with Crippen LogP contribution in [0.2, 0.25) is 0 Å². The average molecular weight is 377 g/mol. The second-order valence-corrected chi connectivity index (χ2v) is 7.67. The van der Waals surface area contributed by atoms with E-state index in [-0.39, 0.29) is 43.1 Å². The van der Waals surface area contributed by atoms with Crippen molar-refractivity contribution in [3.63, 3.8) is 0 Å². The van der Waals surface area contributed by atoms with Gasteiger partial charge in [0, 0.05) is 19.2 Å². The fourth-order valence-electron chi connectivity index (χ4n) is 2.71. The molecule has 1 saturated heterocycles. The summed E-state index contributed by atoms with van der Waals surface area (Å²) < 4.78 is 10.9. The maximum absolute atomic E-state index is 12.5. The van der Waals surface area contributed by atoms with Crippen LogP contribution in [0.5, 0.6) is 5.75 Å². The van der Waals surface area contributed by atoms with E-state index in [1.807, 2.05) is 0 Å². The minimum absolute atomic E-state index is 0.0357. The number of ether oxygens (including phenoxy) is 2. The molecule has 3 rings (SSSR count). The lowest BCUT2D eigenvalue weighted by molar-refractivity contribution is -0.385. The number of carbonyl (C=O) groups is 2. The second-order valence-electron chi connectivity index (χ2n) is 7.67. The highest BCUT2D eigenvalue weighted by atomic mass is 16.6. The number of benzene rings is 1. The van der Waals surface area contributed by atoms with E-state index < -0.39 is 16.6 Å². The first-order valence-corrected chi connectivity index (χ1v) is 8.87. The van der Waals surface area contributed by atoms with E-state index in [4.69, 9.17) is 9.47 Å².